The Labute approximate surface area is 119 Å². The fourth-order valence-electron chi connectivity index (χ4n) is 1.90. The molecule has 0 heterocycles. The molecule has 5 heteroatoms. The zero-order valence-corrected chi connectivity index (χ0v) is 12.2. The van der Waals surface area contributed by atoms with Crippen molar-refractivity contribution < 1.29 is 9.59 Å². The van der Waals surface area contributed by atoms with Crippen molar-refractivity contribution in [2.75, 3.05) is 17.2 Å². The number of amides is 2. The summed E-state index contributed by atoms with van der Waals surface area (Å²) in [4.78, 5) is 22.7. The number of carbonyl (C=O) groups excluding carboxylic acids is 2. The van der Waals surface area contributed by atoms with Gasteiger partial charge in [-0.2, -0.15) is 0 Å². The molecule has 0 radical (unpaired) electrons. The number of anilines is 2. The Hall–Kier alpha value is -1.88. The van der Waals surface area contributed by atoms with E-state index >= 15 is 0 Å². The van der Waals surface area contributed by atoms with Gasteiger partial charge in [0.1, 0.15) is 0 Å². The van der Waals surface area contributed by atoms with Gasteiger partial charge in [0.05, 0.1) is 0 Å². The molecular formula is C15H23N3O2. The highest BCUT2D eigenvalue weighted by Gasteiger charge is 2.05. The SMILES string of the molecule is CC(=O)Nc1ccc(NC(=O)CCCCCN)cc1C. The van der Waals surface area contributed by atoms with Crippen molar-refractivity contribution in [3.05, 3.63) is 23.8 Å². The van der Waals surface area contributed by atoms with Crippen LogP contribution in [0.5, 0.6) is 0 Å². The van der Waals surface area contributed by atoms with E-state index in [1.54, 1.807) is 12.1 Å². The number of nitrogens with one attached hydrogen (secondary N) is 2. The van der Waals surface area contributed by atoms with E-state index < -0.39 is 0 Å². The van der Waals surface area contributed by atoms with Gasteiger partial charge in [-0.1, -0.05) is 6.42 Å². The summed E-state index contributed by atoms with van der Waals surface area (Å²) in [6.07, 6.45) is 3.29. The first kappa shape index (κ1) is 16.2. The lowest BCUT2D eigenvalue weighted by molar-refractivity contribution is -0.116. The normalized spacial score (nSPS) is 10.2. The highest BCUT2D eigenvalue weighted by molar-refractivity contribution is 5.92. The van der Waals surface area contributed by atoms with E-state index in [1.165, 1.54) is 6.92 Å². The maximum absolute atomic E-state index is 11.7. The molecule has 0 fully saturated rings. The fourth-order valence-corrected chi connectivity index (χ4v) is 1.90. The summed E-state index contributed by atoms with van der Waals surface area (Å²) < 4.78 is 0. The molecule has 0 aliphatic carbocycles. The largest absolute Gasteiger partial charge is 0.330 e. The third-order valence-electron chi connectivity index (χ3n) is 2.93. The van der Waals surface area contributed by atoms with Crippen molar-refractivity contribution >= 4 is 23.2 Å². The molecule has 5 nitrogen and oxygen atoms in total. The smallest absolute Gasteiger partial charge is 0.224 e. The number of carbonyl (C=O) groups is 2. The van der Waals surface area contributed by atoms with Gasteiger partial charge < -0.3 is 16.4 Å². The summed E-state index contributed by atoms with van der Waals surface area (Å²) in [5.74, 6) is -0.0986. The standard InChI is InChI=1S/C15H23N3O2/c1-11-10-13(7-8-14(11)17-12(2)19)18-15(20)6-4-3-5-9-16/h7-8,10H,3-6,9,16H2,1-2H3,(H,17,19)(H,18,20). The first-order valence-electron chi connectivity index (χ1n) is 6.91. The zero-order valence-electron chi connectivity index (χ0n) is 12.2. The number of hydrogen-bond acceptors (Lipinski definition) is 3. The van der Waals surface area contributed by atoms with E-state index in [4.69, 9.17) is 5.73 Å². The van der Waals surface area contributed by atoms with Crippen LogP contribution in [0.2, 0.25) is 0 Å². The van der Waals surface area contributed by atoms with Gasteiger partial charge in [0, 0.05) is 24.7 Å². The number of nitrogens with two attached hydrogens (primary N) is 1. The van der Waals surface area contributed by atoms with Crippen LogP contribution in [0, 0.1) is 6.92 Å². The molecule has 1 aromatic carbocycles. The van der Waals surface area contributed by atoms with E-state index in [9.17, 15) is 9.59 Å². The van der Waals surface area contributed by atoms with Crippen LogP contribution in [0.1, 0.15) is 38.2 Å². The Balaban J connectivity index is 2.50. The van der Waals surface area contributed by atoms with Crippen LogP contribution in [0.25, 0.3) is 0 Å². The number of rotatable bonds is 7. The van der Waals surface area contributed by atoms with E-state index in [2.05, 4.69) is 10.6 Å². The summed E-state index contributed by atoms with van der Waals surface area (Å²) in [6, 6.07) is 5.43. The van der Waals surface area contributed by atoms with Gasteiger partial charge in [-0.25, -0.2) is 0 Å². The van der Waals surface area contributed by atoms with Crippen molar-refractivity contribution in [3.8, 4) is 0 Å². The quantitative estimate of drug-likeness (QED) is 0.669. The van der Waals surface area contributed by atoms with Gasteiger partial charge in [-0.05, 0) is 50.1 Å². The highest BCUT2D eigenvalue weighted by Crippen LogP contribution is 2.20. The summed E-state index contributed by atoms with van der Waals surface area (Å²) >= 11 is 0. The van der Waals surface area contributed by atoms with Crippen LogP contribution in [-0.4, -0.2) is 18.4 Å². The molecule has 1 aromatic rings. The van der Waals surface area contributed by atoms with E-state index in [0.717, 1.165) is 36.2 Å². The molecule has 0 unspecified atom stereocenters. The van der Waals surface area contributed by atoms with Gasteiger partial charge in [0.15, 0.2) is 0 Å². The second kappa shape index (κ2) is 8.32. The number of aryl methyl sites for hydroxylation is 1. The van der Waals surface area contributed by atoms with Crippen LogP contribution in [0.15, 0.2) is 18.2 Å². The van der Waals surface area contributed by atoms with Gasteiger partial charge >= 0.3 is 0 Å². The maximum Gasteiger partial charge on any atom is 0.224 e. The molecule has 2 amide bonds. The van der Waals surface area contributed by atoms with Gasteiger partial charge in [-0.3, -0.25) is 9.59 Å². The lowest BCUT2D eigenvalue weighted by Crippen LogP contribution is -2.12. The molecule has 1 rings (SSSR count). The Morgan fingerprint density at radius 1 is 1.15 bits per heavy atom. The molecule has 0 bridgehead atoms. The van der Waals surface area contributed by atoms with Crippen molar-refractivity contribution in [1.82, 2.24) is 0 Å². The molecule has 4 N–H and O–H groups in total. The van der Waals surface area contributed by atoms with Crippen molar-refractivity contribution in [3.63, 3.8) is 0 Å². The van der Waals surface area contributed by atoms with Gasteiger partial charge in [0.2, 0.25) is 11.8 Å². The monoisotopic (exact) mass is 277 g/mol. The fraction of sp³-hybridized carbons (Fsp3) is 0.467. The van der Waals surface area contributed by atoms with E-state index in [1.807, 2.05) is 13.0 Å². The Morgan fingerprint density at radius 2 is 1.90 bits per heavy atom. The molecule has 110 valence electrons. The highest BCUT2D eigenvalue weighted by atomic mass is 16.2. The molecule has 0 spiro atoms. The van der Waals surface area contributed by atoms with Crippen LogP contribution in [0.3, 0.4) is 0 Å². The van der Waals surface area contributed by atoms with Gasteiger partial charge in [-0.15, -0.1) is 0 Å². The lowest BCUT2D eigenvalue weighted by Gasteiger charge is -2.10. The second-order valence-electron chi connectivity index (χ2n) is 4.86. The molecule has 20 heavy (non-hydrogen) atoms. The first-order chi connectivity index (χ1) is 9.52. The Bertz CT molecular complexity index is 472. The van der Waals surface area contributed by atoms with E-state index in [0.29, 0.717) is 13.0 Å². The Kier molecular flexibility index (Phi) is 6.73. The van der Waals surface area contributed by atoms with Crippen molar-refractivity contribution in [2.24, 2.45) is 5.73 Å². The molecule has 0 saturated heterocycles. The molecule has 0 saturated carbocycles. The summed E-state index contributed by atoms with van der Waals surface area (Å²) in [6.45, 7) is 4.03. The van der Waals surface area contributed by atoms with Crippen LogP contribution >= 0.6 is 0 Å². The topological polar surface area (TPSA) is 84.2 Å². The molecule has 0 aliphatic heterocycles. The Morgan fingerprint density at radius 3 is 2.50 bits per heavy atom. The number of unbranched alkanes of at least 4 members (excludes halogenated alkanes) is 2. The molecule has 0 aromatic heterocycles. The second-order valence-corrected chi connectivity index (χ2v) is 4.86. The predicted octanol–water partition coefficient (Wildman–Crippen LogP) is 2.41. The summed E-state index contributed by atoms with van der Waals surface area (Å²) in [5.41, 5.74) is 7.83. The van der Waals surface area contributed by atoms with Gasteiger partial charge in [0.25, 0.3) is 0 Å². The summed E-state index contributed by atoms with van der Waals surface area (Å²) in [7, 11) is 0. The first-order valence-corrected chi connectivity index (χ1v) is 6.91. The minimum absolute atomic E-state index is 0.00805. The third-order valence-corrected chi connectivity index (χ3v) is 2.93. The van der Waals surface area contributed by atoms with Crippen LogP contribution in [-0.2, 0) is 9.59 Å². The zero-order chi connectivity index (χ0) is 15.0. The molecular weight excluding hydrogens is 254 g/mol. The van der Waals surface area contributed by atoms with Crippen LogP contribution in [0.4, 0.5) is 11.4 Å². The molecule has 0 aliphatic rings. The number of hydrogen-bond donors (Lipinski definition) is 3. The van der Waals surface area contributed by atoms with Crippen molar-refractivity contribution in [1.29, 1.82) is 0 Å². The third kappa shape index (κ3) is 5.84. The van der Waals surface area contributed by atoms with E-state index in [-0.39, 0.29) is 11.8 Å². The summed E-state index contributed by atoms with van der Waals surface area (Å²) in [5, 5.41) is 5.60. The predicted molar refractivity (Wildman–Crippen MR) is 81.6 cm³/mol. The lowest BCUT2D eigenvalue weighted by atomic mass is 10.1. The minimum atomic E-state index is -0.107. The van der Waals surface area contributed by atoms with Crippen molar-refractivity contribution in [2.45, 2.75) is 39.5 Å². The maximum atomic E-state index is 11.7. The average Bonchev–Trinajstić information content (AvgIpc) is 2.37. The average molecular weight is 277 g/mol. The number of benzene rings is 1. The van der Waals surface area contributed by atoms with Crippen LogP contribution < -0.4 is 16.4 Å². The molecule has 0 atom stereocenters. The minimum Gasteiger partial charge on any atom is -0.330 e.